The Bertz CT molecular complexity index is 1250. The second-order valence-corrected chi connectivity index (χ2v) is 7.67. The molecule has 30 heavy (non-hydrogen) atoms. The molecule has 3 aromatic heterocycles. The molecule has 0 aliphatic heterocycles. The van der Waals surface area contributed by atoms with E-state index in [-0.39, 0.29) is 16.9 Å². The SMILES string of the molecule is CCn1ncc(CN(C)C(=O)c2nc(-c3cnc(Cl)[nH]3)nc3ccc(Cl)cc23)c1C. The fourth-order valence-corrected chi connectivity index (χ4v) is 3.58. The Balaban J connectivity index is 1.76. The molecule has 0 spiro atoms. The molecule has 0 unspecified atom stereocenters. The number of nitrogens with one attached hydrogen (secondary N) is 1. The third-order valence-corrected chi connectivity index (χ3v) is 5.33. The first-order valence-electron chi connectivity index (χ1n) is 9.32. The lowest BCUT2D eigenvalue weighted by molar-refractivity contribution is 0.0781. The number of benzene rings is 1. The number of carbonyl (C=O) groups is 1. The standard InChI is InChI=1S/C20H19Cl2N7O/c1-4-29-11(2)12(8-24-29)10-28(3)19(30)17-14-7-13(21)5-6-15(14)25-18(27-17)16-9-23-20(22)26-16/h5-9H,4,10H2,1-3H3,(H,23,26). The van der Waals surface area contributed by atoms with Gasteiger partial charge in [-0.3, -0.25) is 9.48 Å². The van der Waals surface area contributed by atoms with Crippen LogP contribution in [0.4, 0.5) is 0 Å². The Morgan fingerprint density at radius 1 is 1.23 bits per heavy atom. The zero-order valence-corrected chi connectivity index (χ0v) is 18.2. The number of halogens is 2. The molecule has 4 aromatic rings. The van der Waals surface area contributed by atoms with Gasteiger partial charge in [-0.05, 0) is 43.6 Å². The van der Waals surface area contributed by atoms with E-state index in [1.807, 2.05) is 18.5 Å². The Labute approximate surface area is 182 Å². The van der Waals surface area contributed by atoms with Gasteiger partial charge in [0.15, 0.2) is 5.82 Å². The minimum atomic E-state index is -0.250. The van der Waals surface area contributed by atoms with Gasteiger partial charge in [0.05, 0.1) is 17.9 Å². The molecule has 0 radical (unpaired) electrons. The molecule has 4 rings (SSSR count). The van der Waals surface area contributed by atoms with Gasteiger partial charge in [-0.2, -0.15) is 5.10 Å². The number of nitrogens with zero attached hydrogens (tertiary/aromatic N) is 6. The quantitative estimate of drug-likeness (QED) is 0.500. The highest BCUT2D eigenvalue weighted by atomic mass is 35.5. The van der Waals surface area contributed by atoms with Gasteiger partial charge in [0.25, 0.3) is 5.91 Å². The van der Waals surface area contributed by atoms with Crippen LogP contribution in [0.3, 0.4) is 0 Å². The zero-order chi connectivity index (χ0) is 21.4. The van der Waals surface area contributed by atoms with Crippen molar-refractivity contribution in [1.29, 1.82) is 0 Å². The summed E-state index contributed by atoms with van der Waals surface area (Å²) < 4.78 is 1.90. The number of H-pyrrole nitrogens is 1. The van der Waals surface area contributed by atoms with Gasteiger partial charge in [-0.1, -0.05) is 11.6 Å². The zero-order valence-electron chi connectivity index (χ0n) is 16.6. The third kappa shape index (κ3) is 3.76. The second kappa shape index (κ2) is 8.04. The van der Waals surface area contributed by atoms with Crippen molar-refractivity contribution in [1.82, 2.24) is 34.6 Å². The molecular formula is C20H19Cl2N7O. The van der Waals surface area contributed by atoms with Crippen molar-refractivity contribution in [3.05, 3.63) is 57.9 Å². The number of rotatable bonds is 5. The number of amides is 1. The number of hydrogen-bond donors (Lipinski definition) is 1. The molecule has 154 valence electrons. The number of fused-ring (bicyclic) bond motifs is 1. The normalized spacial score (nSPS) is 11.2. The highest BCUT2D eigenvalue weighted by Crippen LogP contribution is 2.25. The summed E-state index contributed by atoms with van der Waals surface area (Å²) in [7, 11) is 1.73. The van der Waals surface area contributed by atoms with Crippen LogP contribution in [0.1, 0.15) is 28.7 Å². The van der Waals surface area contributed by atoms with E-state index in [0.29, 0.717) is 34.0 Å². The van der Waals surface area contributed by atoms with Gasteiger partial charge in [0.2, 0.25) is 5.28 Å². The van der Waals surface area contributed by atoms with Crippen molar-refractivity contribution in [3.63, 3.8) is 0 Å². The van der Waals surface area contributed by atoms with Crippen LogP contribution in [-0.4, -0.2) is 47.6 Å². The summed E-state index contributed by atoms with van der Waals surface area (Å²) in [5.41, 5.74) is 3.38. The summed E-state index contributed by atoms with van der Waals surface area (Å²) in [4.78, 5) is 30.9. The van der Waals surface area contributed by atoms with E-state index in [1.165, 1.54) is 6.20 Å². The van der Waals surface area contributed by atoms with E-state index in [1.54, 1.807) is 36.3 Å². The predicted molar refractivity (Wildman–Crippen MR) is 116 cm³/mol. The van der Waals surface area contributed by atoms with Gasteiger partial charge in [-0.25, -0.2) is 15.0 Å². The van der Waals surface area contributed by atoms with Crippen LogP contribution in [-0.2, 0) is 13.1 Å². The Kier molecular flexibility index (Phi) is 5.44. The lowest BCUT2D eigenvalue weighted by atomic mass is 10.1. The van der Waals surface area contributed by atoms with Crippen molar-refractivity contribution in [2.24, 2.45) is 0 Å². The average Bonchev–Trinajstić information content (AvgIpc) is 3.32. The minimum absolute atomic E-state index is 0.221. The highest BCUT2D eigenvalue weighted by molar-refractivity contribution is 6.31. The molecule has 8 nitrogen and oxygen atoms in total. The molecule has 0 fully saturated rings. The summed E-state index contributed by atoms with van der Waals surface area (Å²) >= 11 is 12.1. The number of hydrogen-bond acceptors (Lipinski definition) is 5. The number of carbonyl (C=O) groups excluding carboxylic acids is 1. The molecule has 1 aromatic carbocycles. The van der Waals surface area contributed by atoms with Crippen molar-refractivity contribution >= 4 is 40.0 Å². The molecule has 0 bridgehead atoms. The molecule has 0 saturated carbocycles. The summed E-state index contributed by atoms with van der Waals surface area (Å²) in [6.07, 6.45) is 3.31. The van der Waals surface area contributed by atoms with Crippen LogP contribution in [0.25, 0.3) is 22.4 Å². The van der Waals surface area contributed by atoms with Crippen LogP contribution in [0.15, 0.2) is 30.6 Å². The summed E-state index contributed by atoms with van der Waals surface area (Å²) in [5, 5.41) is 5.65. The first-order chi connectivity index (χ1) is 14.4. The van der Waals surface area contributed by atoms with Crippen molar-refractivity contribution < 1.29 is 4.79 Å². The summed E-state index contributed by atoms with van der Waals surface area (Å²) in [6, 6.07) is 5.18. The molecule has 1 N–H and O–H groups in total. The van der Waals surface area contributed by atoms with Crippen molar-refractivity contribution in [2.75, 3.05) is 7.05 Å². The van der Waals surface area contributed by atoms with Gasteiger partial charge in [0.1, 0.15) is 11.4 Å². The van der Waals surface area contributed by atoms with E-state index in [2.05, 4.69) is 25.0 Å². The van der Waals surface area contributed by atoms with E-state index >= 15 is 0 Å². The number of aromatic amines is 1. The van der Waals surface area contributed by atoms with Crippen molar-refractivity contribution in [2.45, 2.75) is 26.9 Å². The highest BCUT2D eigenvalue weighted by Gasteiger charge is 2.21. The average molecular weight is 444 g/mol. The first-order valence-corrected chi connectivity index (χ1v) is 10.1. The lowest BCUT2D eigenvalue weighted by Gasteiger charge is -2.18. The van der Waals surface area contributed by atoms with Gasteiger partial charge in [0, 0.05) is 41.8 Å². The van der Waals surface area contributed by atoms with Crippen molar-refractivity contribution in [3.8, 4) is 11.5 Å². The molecule has 0 aliphatic rings. The monoisotopic (exact) mass is 443 g/mol. The van der Waals surface area contributed by atoms with E-state index in [0.717, 1.165) is 17.8 Å². The summed E-state index contributed by atoms with van der Waals surface area (Å²) in [6.45, 7) is 5.19. The van der Waals surface area contributed by atoms with Crippen LogP contribution >= 0.6 is 23.2 Å². The lowest BCUT2D eigenvalue weighted by Crippen LogP contribution is -2.27. The third-order valence-electron chi connectivity index (χ3n) is 4.90. The second-order valence-electron chi connectivity index (χ2n) is 6.88. The Hall–Kier alpha value is -2.97. The Morgan fingerprint density at radius 2 is 2.03 bits per heavy atom. The van der Waals surface area contributed by atoms with Crippen LogP contribution < -0.4 is 0 Å². The van der Waals surface area contributed by atoms with Crippen LogP contribution in [0.5, 0.6) is 0 Å². The smallest absolute Gasteiger partial charge is 0.273 e. The minimum Gasteiger partial charge on any atom is -0.336 e. The van der Waals surface area contributed by atoms with E-state index in [4.69, 9.17) is 23.2 Å². The van der Waals surface area contributed by atoms with Crippen LogP contribution in [0.2, 0.25) is 10.3 Å². The largest absolute Gasteiger partial charge is 0.336 e. The van der Waals surface area contributed by atoms with Gasteiger partial charge < -0.3 is 9.88 Å². The van der Waals surface area contributed by atoms with Gasteiger partial charge in [-0.15, -0.1) is 0 Å². The molecule has 10 heteroatoms. The molecule has 0 atom stereocenters. The maximum absolute atomic E-state index is 13.4. The molecule has 3 heterocycles. The van der Waals surface area contributed by atoms with E-state index < -0.39 is 0 Å². The molecule has 1 amide bonds. The predicted octanol–water partition coefficient (Wildman–Crippen LogP) is 4.12. The van der Waals surface area contributed by atoms with Gasteiger partial charge >= 0.3 is 0 Å². The number of imidazole rings is 1. The number of aryl methyl sites for hydroxylation is 1. The maximum atomic E-state index is 13.4. The molecular weight excluding hydrogens is 425 g/mol. The molecule has 0 aliphatic carbocycles. The Morgan fingerprint density at radius 3 is 2.70 bits per heavy atom. The fourth-order valence-electron chi connectivity index (χ4n) is 3.26. The summed E-state index contributed by atoms with van der Waals surface area (Å²) in [5.74, 6) is 0.0798. The number of aromatic nitrogens is 6. The van der Waals surface area contributed by atoms with Crippen LogP contribution in [0, 0.1) is 6.92 Å². The van der Waals surface area contributed by atoms with E-state index in [9.17, 15) is 4.79 Å². The topological polar surface area (TPSA) is 92.6 Å². The molecule has 0 saturated heterocycles. The maximum Gasteiger partial charge on any atom is 0.273 e. The first kappa shape index (κ1) is 20.3. The fraction of sp³-hybridized carbons (Fsp3) is 0.250.